The van der Waals surface area contributed by atoms with Crippen molar-refractivity contribution in [1.29, 1.82) is 0 Å². The average Bonchev–Trinajstić information content (AvgIpc) is 2.04. The van der Waals surface area contributed by atoms with Gasteiger partial charge in [0, 0.05) is 19.1 Å². The smallest absolute Gasteiger partial charge is 0.117 e. The second-order valence-corrected chi connectivity index (χ2v) is 3.47. The minimum absolute atomic E-state index is 0.200. The summed E-state index contributed by atoms with van der Waals surface area (Å²) < 4.78 is 11.9. The van der Waals surface area contributed by atoms with Crippen molar-refractivity contribution in [1.82, 2.24) is 4.90 Å². The quantitative estimate of drug-likeness (QED) is 0.623. The number of hydrogen-bond acceptors (Lipinski definition) is 3. The molecule has 72 valence electrons. The molecule has 0 amide bonds. The highest BCUT2D eigenvalue weighted by Gasteiger charge is 2.18. The molecule has 0 aromatic carbocycles. The van der Waals surface area contributed by atoms with Gasteiger partial charge in [0.2, 0.25) is 0 Å². The number of alkyl halides is 1. The number of piperidine rings is 1. The number of β-amino-alcohol motifs (C(OH)–C–C–N with tert-alkyl or cyclic N) is 1. The Labute approximate surface area is 72.3 Å². The summed E-state index contributed by atoms with van der Waals surface area (Å²) in [6.45, 7) is 1.48. The van der Waals surface area contributed by atoms with Gasteiger partial charge in [-0.3, -0.25) is 4.90 Å². The van der Waals surface area contributed by atoms with Crippen molar-refractivity contribution >= 4 is 0 Å². The summed E-state index contributed by atoms with van der Waals surface area (Å²) >= 11 is 0. The van der Waals surface area contributed by atoms with Crippen LogP contribution in [-0.2, 0) is 0 Å². The molecule has 1 aliphatic rings. The number of rotatable bonds is 3. The standard InChI is InChI=1S/C8H17FN2O/c9-4-8(12)6-11-3-1-2-7(10)5-11/h7-8,12H,1-6,10H2/t7-,8?/m0/s1. The SMILES string of the molecule is N[C@H]1CCCN(CC(O)CF)C1. The van der Waals surface area contributed by atoms with Gasteiger partial charge in [-0.05, 0) is 19.4 Å². The van der Waals surface area contributed by atoms with Gasteiger partial charge < -0.3 is 10.8 Å². The van der Waals surface area contributed by atoms with Crippen LogP contribution in [0.15, 0.2) is 0 Å². The first kappa shape index (κ1) is 9.89. The molecular weight excluding hydrogens is 159 g/mol. The summed E-state index contributed by atoms with van der Waals surface area (Å²) in [5.74, 6) is 0. The Kier molecular flexibility index (Phi) is 3.91. The van der Waals surface area contributed by atoms with E-state index in [9.17, 15) is 4.39 Å². The largest absolute Gasteiger partial charge is 0.389 e. The Balaban J connectivity index is 2.22. The Morgan fingerprint density at radius 2 is 2.42 bits per heavy atom. The van der Waals surface area contributed by atoms with Gasteiger partial charge in [-0.2, -0.15) is 0 Å². The van der Waals surface area contributed by atoms with Crippen molar-refractivity contribution in [3.05, 3.63) is 0 Å². The first-order chi connectivity index (χ1) is 5.72. The molecule has 1 heterocycles. The maximum absolute atomic E-state index is 11.9. The van der Waals surface area contributed by atoms with E-state index >= 15 is 0 Å². The van der Waals surface area contributed by atoms with Gasteiger partial charge in [-0.25, -0.2) is 4.39 Å². The van der Waals surface area contributed by atoms with Gasteiger partial charge in [0.15, 0.2) is 0 Å². The summed E-state index contributed by atoms with van der Waals surface area (Å²) in [5, 5.41) is 9.04. The maximum atomic E-state index is 11.9. The summed E-state index contributed by atoms with van der Waals surface area (Å²) in [6, 6.07) is 0.200. The van der Waals surface area contributed by atoms with Crippen LogP contribution in [0.5, 0.6) is 0 Å². The number of aliphatic hydroxyl groups is 1. The molecule has 3 N–H and O–H groups in total. The minimum atomic E-state index is -0.838. The second-order valence-electron chi connectivity index (χ2n) is 3.47. The first-order valence-electron chi connectivity index (χ1n) is 4.44. The lowest BCUT2D eigenvalue weighted by Gasteiger charge is -2.31. The Morgan fingerprint density at radius 3 is 3.00 bits per heavy atom. The Bertz CT molecular complexity index is 134. The van der Waals surface area contributed by atoms with E-state index in [0.29, 0.717) is 6.54 Å². The third-order valence-corrected chi connectivity index (χ3v) is 2.19. The van der Waals surface area contributed by atoms with E-state index in [0.717, 1.165) is 25.9 Å². The lowest BCUT2D eigenvalue weighted by molar-refractivity contribution is 0.0772. The highest BCUT2D eigenvalue weighted by molar-refractivity contribution is 4.76. The summed E-state index contributed by atoms with van der Waals surface area (Å²) in [5.41, 5.74) is 5.73. The van der Waals surface area contributed by atoms with Crippen molar-refractivity contribution in [2.24, 2.45) is 5.73 Å². The fourth-order valence-corrected chi connectivity index (χ4v) is 1.60. The predicted octanol–water partition coefficient (Wildman–Crippen LogP) is -0.260. The molecule has 0 aliphatic carbocycles. The molecule has 12 heavy (non-hydrogen) atoms. The molecule has 1 saturated heterocycles. The summed E-state index contributed by atoms with van der Waals surface area (Å²) in [7, 11) is 0. The average molecular weight is 176 g/mol. The van der Waals surface area contributed by atoms with E-state index in [2.05, 4.69) is 0 Å². The fraction of sp³-hybridized carbons (Fsp3) is 1.00. The molecular formula is C8H17FN2O. The van der Waals surface area contributed by atoms with Gasteiger partial charge in [0.1, 0.15) is 6.67 Å². The third kappa shape index (κ3) is 3.05. The molecule has 4 heteroatoms. The number of hydrogen-bond donors (Lipinski definition) is 2. The fourth-order valence-electron chi connectivity index (χ4n) is 1.60. The molecule has 2 atom stereocenters. The Hall–Kier alpha value is -0.190. The summed E-state index contributed by atoms with van der Waals surface area (Å²) in [4.78, 5) is 2.03. The number of likely N-dealkylation sites (tertiary alicyclic amines) is 1. The van der Waals surface area contributed by atoms with E-state index in [1.54, 1.807) is 0 Å². The van der Waals surface area contributed by atoms with Crippen LogP contribution in [0.4, 0.5) is 4.39 Å². The first-order valence-corrected chi connectivity index (χ1v) is 4.44. The number of aliphatic hydroxyl groups excluding tert-OH is 1. The van der Waals surface area contributed by atoms with Gasteiger partial charge in [-0.15, -0.1) is 0 Å². The van der Waals surface area contributed by atoms with E-state index in [1.807, 2.05) is 4.90 Å². The minimum Gasteiger partial charge on any atom is -0.389 e. The zero-order chi connectivity index (χ0) is 8.97. The van der Waals surface area contributed by atoms with Crippen LogP contribution < -0.4 is 5.73 Å². The molecule has 3 nitrogen and oxygen atoms in total. The van der Waals surface area contributed by atoms with Crippen LogP contribution in [0, 0.1) is 0 Å². The lowest BCUT2D eigenvalue weighted by Crippen LogP contribution is -2.45. The van der Waals surface area contributed by atoms with Crippen molar-refractivity contribution in [3.63, 3.8) is 0 Å². The van der Waals surface area contributed by atoms with Crippen LogP contribution in [-0.4, -0.2) is 48.5 Å². The van der Waals surface area contributed by atoms with E-state index < -0.39 is 12.8 Å². The van der Waals surface area contributed by atoms with Gasteiger partial charge in [-0.1, -0.05) is 0 Å². The summed E-state index contributed by atoms with van der Waals surface area (Å²) in [6.07, 6.45) is 1.26. The zero-order valence-electron chi connectivity index (χ0n) is 7.25. The van der Waals surface area contributed by atoms with E-state index in [1.165, 1.54) is 0 Å². The van der Waals surface area contributed by atoms with Crippen molar-refractivity contribution in [2.75, 3.05) is 26.3 Å². The normalized spacial score (nSPS) is 28.8. The van der Waals surface area contributed by atoms with Gasteiger partial charge >= 0.3 is 0 Å². The number of halogens is 1. The van der Waals surface area contributed by atoms with Crippen molar-refractivity contribution < 1.29 is 9.50 Å². The molecule has 1 rings (SSSR count). The van der Waals surface area contributed by atoms with Crippen molar-refractivity contribution in [2.45, 2.75) is 25.0 Å². The highest BCUT2D eigenvalue weighted by Crippen LogP contribution is 2.08. The van der Waals surface area contributed by atoms with Gasteiger partial charge in [0.05, 0.1) is 6.10 Å². The number of nitrogens with two attached hydrogens (primary N) is 1. The van der Waals surface area contributed by atoms with E-state index in [4.69, 9.17) is 10.8 Å². The molecule has 1 unspecified atom stereocenters. The zero-order valence-corrected chi connectivity index (χ0v) is 7.25. The molecule has 0 radical (unpaired) electrons. The lowest BCUT2D eigenvalue weighted by atomic mass is 10.1. The van der Waals surface area contributed by atoms with Gasteiger partial charge in [0.25, 0.3) is 0 Å². The molecule has 0 aromatic rings. The van der Waals surface area contributed by atoms with Crippen LogP contribution in [0.1, 0.15) is 12.8 Å². The molecule has 0 saturated carbocycles. The van der Waals surface area contributed by atoms with E-state index in [-0.39, 0.29) is 6.04 Å². The molecule has 1 aliphatic heterocycles. The van der Waals surface area contributed by atoms with Crippen LogP contribution in [0.2, 0.25) is 0 Å². The van der Waals surface area contributed by atoms with Crippen molar-refractivity contribution in [3.8, 4) is 0 Å². The molecule has 0 bridgehead atoms. The molecule has 1 fully saturated rings. The second kappa shape index (κ2) is 4.74. The maximum Gasteiger partial charge on any atom is 0.117 e. The topological polar surface area (TPSA) is 49.5 Å². The third-order valence-electron chi connectivity index (χ3n) is 2.19. The molecule has 0 spiro atoms. The molecule has 0 aromatic heterocycles. The van der Waals surface area contributed by atoms with Crippen LogP contribution >= 0.6 is 0 Å². The van der Waals surface area contributed by atoms with Crippen LogP contribution in [0.25, 0.3) is 0 Å². The number of nitrogens with zero attached hydrogens (tertiary/aromatic N) is 1. The highest BCUT2D eigenvalue weighted by atomic mass is 19.1. The Morgan fingerprint density at radius 1 is 1.67 bits per heavy atom. The van der Waals surface area contributed by atoms with Crippen LogP contribution in [0.3, 0.4) is 0 Å². The predicted molar refractivity (Wildman–Crippen MR) is 45.6 cm³/mol. The monoisotopic (exact) mass is 176 g/mol.